The fourth-order valence-corrected chi connectivity index (χ4v) is 1.20. The largest absolute Gasteiger partial charge is 0.480 e. The van der Waals surface area contributed by atoms with Crippen LogP contribution in [0, 0.1) is 5.41 Å². The van der Waals surface area contributed by atoms with Crippen molar-refractivity contribution >= 4 is 17.8 Å². The summed E-state index contributed by atoms with van der Waals surface area (Å²) < 4.78 is 0. The molecular weight excluding hydrogens is 238 g/mol. The first-order chi connectivity index (χ1) is 8.05. The predicted molar refractivity (Wildman–Crippen MR) is 65.4 cm³/mol. The van der Waals surface area contributed by atoms with Crippen molar-refractivity contribution in [1.29, 1.82) is 0 Å². The van der Waals surface area contributed by atoms with Gasteiger partial charge in [-0.2, -0.15) is 0 Å². The molecule has 0 rings (SSSR count). The maximum absolute atomic E-state index is 11.7. The lowest BCUT2D eigenvalue weighted by Crippen LogP contribution is -2.53. The summed E-state index contributed by atoms with van der Waals surface area (Å²) in [6, 6.07) is -1.98. The van der Waals surface area contributed by atoms with Crippen molar-refractivity contribution in [3.63, 3.8) is 0 Å². The van der Waals surface area contributed by atoms with Gasteiger partial charge in [0.1, 0.15) is 6.04 Å². The summed E-state index contributed by atoms with van der Waals surface area (Å²) in [6.07, 6.45) is -0.157. The molecule has 2 amide bonds. The van der Waals surface area contributed by atoms with Crippen LogP contribution in [0.15, 0.2) is 0 Å². The number of carbonyl (C=O) groups excluding carboxylic acids is 2. The monoisotopic (exact) mass is 259 g/mol. The van der Waals surface area contributed by atoms with Crippen LogP contribution in [0.1, 0.15) is 33.6 Å². The topological polar surface area (TPSA) is 136 Å². The summed E-state index contributed by atoms with van der Waals surface area (Å²) in [5.74, 6) is -2.39. The normalized spacial score (nSPS) is 14.7. The fourth-order valence-electron chi connectivity index (χ4n) is 1.20. The van der Waals surface area contributed by atoms with Gasteiger partial charge in [0.05, 0.1) is 6.04 Å². The average molecular weight is 259 g/mol. The van der Waals surface area contributed by atoms with Crippen LogP contribution < -0.4 is 16.8 Å². The first-order valence-electron chi connectivity index (χ1n) is 5.62. The first-order valence-corrected chi connectivity index (χ1v) is 5.62. The Kier molecular flexibility index (Phi) is 5.77. The molecule has 0 fully saturated rings. The zero-order valence-corrected chi connectivity index (χ0v) is 10.9. The third-order valence-electron chi connectivity index (χ3n) is 2.51. The standard InChI is InChI=1S/C11H21N3O4/c1-11(2,3)8(13)9(16)14-6(10(17)18)4-5-7(12)15/h6,8H,4-5,13H2,1-3H3,(H2,12,15)(H,14,16)(H,17,18)/t6-,8?/m0/s1. The Hall–Kier alpha value is -1.63. The highest BCUT2D eigenvalue weighted by molar-refractivity contribution is 5.87. The van der Waals surface area contributed by atoms with E-state index < -0.39 is 35.3 Å². The van der Waals surface area contributed by atoms with Gasteiger partial charge in [0.2, 0.25) is 11.8 Å². The minimum Gasteiger partial charge on any atom is -0.480 e. The van der Waals surface area contributed by atoms with Crippen molar-refractivity contribution in [2.45, 2.75) is 45.7 Å². The summed E-state index contributed by atoms with van der Waals surface area (Å²) >= 11 is 0. The van der Waals surface area contributed by atoms with E-state index in [-0.39, 0.29) is 12.8 Å². The molecular formula is C11H21N3O4. The zero-order chi connectivity index (χ0) is 14.5. The number of carboxylic acid groups (broad SMARTS) is 1. The smallest absolute Gasteiger partial charge is 0.326 e. The Bertz CT molecular complexity index is 336. The molecule has 104 valence electrons. The van der Waals surface area contributed by atoms with Gasteiger partial charge in [-0.15, -0.1) is 0 Å². The number of nitrogens with two attached hydrogens (primary N) is 2. The summed E-state index contributed by atoms with van der Waals surface area (Å²) in [7, 11) is 0. The van der Waals surface area contributed by atoms with E-state index >= 15 is 0 Å². The molecule has 7 nitrogen and oxygen atoms in total. The molecule has 0 aromatic heterocycles. The molecule has 0 radical (unpaired) electrons. The molecule has 0 spiro atoms. The Morgan fingerprint density at radius 2 is 1.78 bits per heavy atom. The van der Waals surface area contributed by atoms with Gasteiger partial charge >= 0.3 is 5.97 Å². The van der Waals surface area contributed by atoms with E-state index in [4.69, 9.17) is 16.6 Å². The van der Waals surface area contributed by atoms with Crippen LogP contribution >= 0.6 is 0 Å². The van der Waals surface area contributed by atoms with Crippen LogP contribution in [-0.4, -0.2) is 35.0 Å². The molecule has 2 atom stereocenters. The average Bonchev–Trinajstić information content (AvgIpc) is 2.20. The molecule has 0 aliphatic carbocycles. The molecule has 0 bridgehead atoms. The molecule has 1 unspecified atom stereocenters. The van der Waals surface area contributed by atoms with Gasteiger partial charge in [-0.05, 0) is 11.8 Å². The molecule has 7 heteroatoms. The van der Waals surface area contributed by atoms with E-state index in [0.717, 1.165) is 0 Å². The SMILES string of the molecule is CC(C)(C)C(N)C(=O)N[C@@H](CCC(N)=O)C(=O)O. The third-order valence-corrected chi connectivity index (χ3v) is 2.51. The Morgan fingerprint density at radius 1 is 1.28 bits per heavy atom. The van der Waals surface area contributed by atoms with Gasteiger partial charge in [-0.1, -0.05) is 20.8 Å². The summed E-state index contributed by atoms with van der Waals surface area (Å²) in [6.45, 7) is 5.32. The van der Waals surface area contributed by atoms with Crippen LogP contribution in [0.3, 0.4) is 0 Å². The number of hydrogen-bond acceptors (Lipinski definition) is 4. The van der Waals surface area contributed by atoms with Crippen molar-refractivity contribution in [2.75, 3.05) is 0 Å². The minimum atomic E-state index is -1.22. The lowest BCUT2D eigenvalue weighted by Gasteiger charge is -2.27. The second kappa shape index (κ2) is 6.34. The second-order valence-corrected chi connectivity index (χ2v) is 5.25. The molecule has 6 N–H and O–H groups in total. The third kappa shape index (κ3) is 5.62. The number of carbonyl (C=O) groups is 3. The number of aliphatic carboxylic acids is 1. The van der Waals surface area contributed by atoms with E-state index in [1.54, 1.807) is 20.8 Å². The number of amides is 2. The van der Waals surface area contributed by atoms with Crippen molar-refractivity contribution in [1.82, 2.24) is 5.32 Å². The van der Waals surface area contributed by atoms with Crippen LogP contribution in [0.25, 0.3) is 0 Å². The number of nitrogens with one attached hydrogen (secondary N) is 1. The van der Waals surface area contributed by atoms with Crippen molar-refractivity contribution < 1.29 is 19.5 Å². The molecule has 0 saturated heterocycles. The van der Waals surface area contributed by atoms with Crippen LogP contribution in [0.2, 0.25) is 0 Å². The Morgan fingerprint density at radius 3 is 2.11 bits per heavy atom. The molecule has 0 saturated carbocycles. The van der Waals surface area contributed by atoms with Crippen LogP contribution in [0.5, 0.6) is 0 Å². The van der Waals surface area contributed by atoms with Crippen LogP contribution in [0.4, 0.5) is 0 Å². The van der Waals surface area contributed by atoms with Gasteiger partial charge < -0.3 is 21.9 Å². The number of hydrogen-bond donors (Lipinski definition) is 4. The second-order valence-electron chi connectivity index (χ2n) is 5.25. The first kappa shape index (κ1) is 16.4. The highest BCUT2D eigenvalue weighted by atomic mass is 16.4. The number of carboxylic acids is 1. The molecule has 0 aliphatic heterocycles. The van der Waals surface area contributed by atoms with Gasteiger partial charge in [0.15, 0.2) is 0 Å². The summed E-state index contributed by atoms with van der Waals surface area (Å²) in [4.78, 5) is 33.2. The minimum absolute atomic E-state index is 0.0483. The number of primary amides is 1. The summed E-state index contributed by atoms with van der Waals surface area (Å²) in [5, 5.41) is 11.2. The van der Waals surface area contributed by atoms with E-state index in [2.05, 4.69) is 5.32 Å². The molecule has 0 aliphatic rings. The fraction of sp³-hybridized carbons (Fsp3) is 0.727. The molecule has 0 aromatic rings. The molecule has 0 aromatic carbocycles. The van der Waals surface area contributed by atoms with Crippen LogP contribution in [-0.2, 0) is 14.4 Å². The maximum Gasteiger partial charge on any atom is 0.326 e. The lowest BCUT2D eigenvalue weighted by molar-refractivity contribution is -0.142. The lowest BCUT2D eigenvalue weighted by atomic mass is 9.86. The van der Waals surface area contributed by atoms with Crippen molar-refractivity contribution in [3.05, 3.63) is 0 Å². The Balaban J connectivity index is 4.55. The highest BCUT2D eigenvalue weighted by Crippen LogP contribution is 2.17. The van der Waals surface area contributed by atoms with Gasteiger partial charge in [-0.25, -0.2) is 4.79 Å². The van der Waals surface area contributed by atoms with E-state index in [1.165, 1.54) is 0 Å². The molecule has 0 heterocycles. The molecule has 18 heavy (non-hydrogen) atoms. The Labute approximate surface area is 106 Å². The zero-order valence-electron chi connectivity index (χ0n) is 10.9. The van der Waals surface area contributed by atoms with E-state index in [0.29, 0.717) is 0 Å². The van der Waals surface area contributed by atoms with Gasteiger partial charge in [0, 0.05) is 6.42 Å². The van der Waals surface area contributed by atoms with E-state index in [9.17, 15) is 14.4 Å². The highest BCUT2D eigenvalue weighted by Gasteiger charge is 2.30. The summed E-state index contributed by atoms with van der Waals surface area (Å²) in [5.41, 5.74) is 10.2. The van der Waals surface area contributed by atoms with Crippen molar-refractivity contribution in [2.24, 2.45) is 16.9 Å². The van der Waals surface area contributed by atoms with Gasteiger partial charge in [-0.3, -0.25) is 9.59 Å². The quantitative estimate of drug-likeness (QED) is 0.495. The van der Waals surface area contributed by atoms with Crippen molar-refractivity contribution in [3.8, 4) is 0 Å². The van der Waals surface area contributed by atoms with E-state index in [1.807, 2.05) is 0 Å². The number of rotatable bonds is 6. The maximum atomic E-state index is 11.7. The van der Waals surface area contributed by atoms with Gasteiger partial charge in [0.25, 0.3) is 0 Å². The predicted octanol–water partition coefficient (Wildman–Crippen LogP) is -0.805.